The van der Waals surface area contributed by atoms with Crippen LogP contribution in [0.25, 0.3) is 0 Å². The van der Waals surface area contributed by atoms with Gasteiger partial charge in [0.25, 0.3) is 0 Å². The number of Topliss-reactive ketones (excluding diaryl/α,β-unsaturated/α-hetero) is 1. The third-order valence-corrected chi connectivity index (χ3v) is 2.51. The van der Waals surface area contributed by atoms with Crippen molar-refractivity contribution in [1.29, 1.82) is 0 Å². The summed E-state index contributed by atoms with van der Waals surface area (Å²) in [6.45, 7) is 0. The molecule has 2 nitrogen and oxygen atoms in total. The molecule has 2 aliphatic carbocycles. The summed E-state index contributed by atoms with van der Waals surface area (Å²) < 4.78 is 0. The fourth-order valence-electron chi connectivity index (χ4n) is 1.64. The summed E-state index contributed by atoms with van der Waals surface area (Å²) in [4.78, 5) is 20.8. The van der Waals surface area contributed by atoms with Crippen LogP contribution in [0.15, 0.2) is 12.2 Å². The molecule has 0 radical (unpaired) electrons. The Morgan fingerprint density at radius 2 is 1.64 bits per heavy atom. The topological polar surface area (TPSA) is 34.1 Å². The minimum Gasteiger partial charge on any atom is -0.300 e. The van der Waals surface area contributed by atoms with E-state index in [0.29, 0.717) is 5.78 Å². The molecule has 0 bridgehead atoms. The number of carbonyl (C=O) groups is 2. The molecule has 2 aliphatic rings. The standard InChI is InChI=1S/C6H10O.C6H8O.H2/c2*7-6-4-2-1-3-5-6;/h1-5H2;2,4H,1,3,5H2;1H. The molecule has 14 heavy (non-hydrogen) atoms. The van der Waals surface area contributed by atoms with Crippen LogP contribution >= 0.6 is 0 Å². The Hall–Kier alpha value is -0.920. The number of hydrogen-bond acceptors (Lipinski definition) is 2. The van der Waals surface area contributed by atoms with Crippen LogP contribution in [-0.4, -0.2) is 11.6 Å². The Morgan fingerprint density at radius 1 is 0.929 bits per heavy atom. The van der Waals surface area contributed by atoms with Gasteiger partial charge in [-0.1, -0.05) is 12.5 Å². The number of carbonyl (C=O) groups excluding carboxylic acids is 2. The Kier molecular flexibility index (Phi) is 5.20. The average molecular weight is 196 g/mol. The minimum atomic E-state index is 0. The van der Waals surface area contributed by atoms with Crippen LogP contribution < -0.4 is 0 Å². The van der Waals surface area contributed by atoms with Gasteiger partial charge in [0, 0.05) is 20.7 Å². The van der Waals surface area contributed by atoms with Crippen molar-refractivity contribution < 1.29 is 11.0 Å². The van der Waals surface area contributed by atoms with E-state index in [4.69, 9.17) is 0 Å². The summed E-state index contributed by atoms with van der Waals surface area (Å²) in [5.41, 5.74) is 0. The van der Waals surface area contributed by atoms with Gasteiger partial charge in [-0.3, -0.25) is 9.59 Å². The highest BCUT2D eigenvalue weighted by atomic mass is 16.1. The molecule has 0 aliphatic heterocycles. The predicted octanol–water partition coefficient (Wildman–Crippen LogP) is 3.06. The number of rotatable bonds is 0. The third-order valence-electron chi connectivity index (χ3n) is 2.51. The normalized spacial score (nSPS) is 21.4. The highest BCUT2D eigenvalue weighted by molar-refractivity contribution is 5.90. The number of hydrogen-bond donors (Lipinski definition) is 0. The molecule has 0 aromatic heterocycles. The maximum Gasteiger partial charge on any atom is 0.155 e. The van der Waals surface area contributed by atoms with E-state index in [-0.39, 0.29) is 7.21 Å². The summed E-state index contributed by atoms with van der Waals surface area (Å²) in [6.07, 6.45) is 11.7. The molecule has 80 valence electrons. The van der Waals surface area contributed by atoms with Crippen LogP contribution in [0.1, 0.15) is 52.8 Å². The van der Waals surface area contributed by atoms with Crippen molar-refractivity contribution in [3.8, 4) is 0 Å². The maximum absolute atomic E-state index is 10.5. The van der Waals surface area contributed by atoms with E-state index in [9.17, 15) is 9.59 Å². The largest absolute Gasteiger partial charge is 0.300 e. The van der Waals surface area contributed by atoms with Gasteiger partial charge in [0.05, 0.1) is 0 Å². The van der Waals surface area contributed by atoms with E-state index in [1.165, 1.54) is 6.42 Å². The van der Waals surface area contributed by atoms with Gasteiger partial charge in [-0.05, 0) is 31.8 Å². The molecular formula is C12H20O2. The molecule has 0 N–H and O–H groups in total. The van der Waals surface area contributed by atoms with Gasteiger partial charge in [-0.25, -0.2) is 0 Å². The smallest absolute Gasteiger partial charge is 0.155 e. The Labute approximate surface area is 86.9 Å². The monoisotopic (exact) mass is 196 g/mol. The molecule has 0 saturated heterocycles. The minimum absolute atomic E-state index is 0. The number of allylic oxidation sites excluding steroid dienone is 2. The van der Waals surface area contributed by atoms with Gasteiger partial charge < -0.3 is 0 Å². The van der Waals surface area contributed by atoms with E-state index in [1.807, 2.05) is 6.08 Å². The molecule has 0 aromatic carbocycles. The van der Waals surface area contributed by atoms with Crippen molar-refractivity contribution in [3.63, 3.8) is 0 Å². The predicted molar refractivity (Wildman–Crippen MR) is 58.2 cm³/mol. The number of ketones is 2. The molecule has 0 heterocycles. The lowest BCUT2D eigenvalue weighted by molar-refractivity contribution is -0.120. The summed E-state index contributed by atoms with van der Waals surface area (Å²) in [5.74, 6) is 0.748. The molecule has 0 aromatic rings. The van der Waals surface area contributed by atoms with Gasteiger partial charge in [-0.15, -0.1) is 0 Å². The Bertz CT molecular complexity index is 226. The van der Waals surface area contributed by atoms with E-state index in [2.05, 4.69) is 0 Å². The third kappa shape index (κ3) is 4.95. The second-order valence-corrected chi connectivity index (χ2v) is 3.86. The molecule has 2 rings (SSSR count). The van der Waals surface area contributed by atoms with Crippen LogP contribution in [-0.2, 0) is 9.59 Å². The van der Waals surface area contributed by atoms with Gasteiger partial charge in [-0.2, -0.15) is 0 Å². The van der Waals surface area contributed by atoms with Gasteiger partial charge in [0.2, 0.25) is 0 Å². The molecule has 0 spiro atoms. The summed E-state index contributed by atoms with van der Waals surface area (Å²) in [7, 11) is 0. The van der Waals surface area contributed by atoms with E-state index >= 15 is 0 Å². The lowest BCUT2D eigenvalue weighted by Gasteiger charge is -2.05. The highest BCUT2D eigenvalue weighted by Crippen LogP contribution is 2.12. The van der Waals surface area contributed by atoms with Crippen molar-refractivity contribution >= 4 is 11.6 Å². The van der Waals surface area contributed by atoms with Crippen LogP contribution in [0.5, 0.6) is 0 Å². The van der Waals surface area contributed by atoms with Gasteiger partial charge >= 0.3 is 0 Å². The Morgan fingerprint density at radius 3 is 1.93 bits per heavy atom. The van der Waals surface area contributed by atoms with E-state index in [0.717, 1.165) is 44.9 Å². The van der Waals surface area contributed by atoms with Gasteiger partial charge in [0.1, 0.15) is 5.78 Å². The second-order valence-electron chi connectivity index (χ2n) is 3.86. The fraction of sp³-hybridized carbons (Fsp3) is 0.667. The van der Waals surface area contributed by atoms with Crippen molar-refractivity contribution in [2.24, 2.45) is 0 Å². The van der Waals surface area contributed by atoms with Crippen molar-refractivity contribution in [2.45, 2.75) is 51.4 Å². The second kappa shape index (κ2) is 6.52. The van der Waals surface area contributed by atoms with Crippen LogP contribution in [0, 0.1) is 0 Å². The molecular weight excluding hydrogens is 176 g/mol. The first kappa shape index (κ1) is 11.2. The zero-order valence-corrected chi connectivity index (χ0v) is 8.63. The van der Waals surface area contributed by atoms with E-state index in [1.54, 1.807) is 6.08 Å². The summed E-state index contributed by atoms with van der Waals surface area (Å²) in [5, 5.41) is 0. The van der Waals surface area contributed by atoms with Crippen LogP contribution in [0.2, 0.25) is 0 Å². The van der Waals surface area contributed by atoms with Crippen molar-refractivity contribution in [1.82, 2.24) is 0 Å². The van der Waals surface area contributed by atoms with Crippen LogP contribution in [0.4, 0.5) is 0 Å². The molecule has 0 amide bonds. The Balaban J connectivity index is 0.000000245. The summed E-state index contributed by atoms with van der Waals surface area (Å²) in [6, 6.07) is 0. The first-order valence-electron chi connectivity index (χ1n) is 5.50. The molecule has 1 saturated carbocycles. The fourth-order valence-corrected chi connectivity index (χ4v) is 1.64. The first-order valence-corrected chi connectivity index (χ1v) is 5.50. The lowest BCUT2D eigenvalue weighted by Crippen LogP contribution is -2.02. The quantitative estimate of drug-likeness (QED) is 0.596. The van der Waals surface area contributed by atoms with Crippen molar-refractivity contribution in [2.75, 3.05) is 0 Å². The molecule has 2 heteroatoms. The summed E-state index contributed by atoms with van der Waals surface area (Å²) >= 11 is 0. The SMILES string of the molecule is O=C1C=CCCC1.O=C1CCCCC1.[HH]. The maximum atomic E-state index is 10.5. The molecule has 1 fully saturated rings. The van der Waals surface area contributed by atoms with E-state index < -0.39 is 0 Å². The van der Waals surface area contributed by atoms with Crippen LogP contribution in [0.3, 0.4) is 0 Å². The zero-order valence-electron chi connectivity index (χ0n) is 8.63. The lowest BCUT2D eigenvalue weighted by atomic mass is 10.00. The molecule has 0 atom stereocenters. The van der Waals surface area contributed by atoms with Gasteiger partial charge in [0.15, 0.2) is 5.78 Å². The zero-order chi connectivity index (χ0) is 10.2. The molecule has 0 unspecified atom stereocenters. The average Bonchev–Trinajstić information content (AvgIpc) is 2.21. The first-order chi connectivity index (χ1) is 6.79. The highest BCUT2D eigenvalue weighted by Gasteiger charge is 2.05. The van der Waals surface area contributed by atoms with Crippen molar-refractivity contribution in [3.05, 3.63) is 12.2 Å².